The molecule has 3 nitrogen and oxygen atoms in total. The first-order valence-electron chi connectivity index (χ1n) is 7.27. The lowest BCUT2D eigenvalue weighted by molar-refractivity contribution is 0.621. The summed E-state index contributed by atoms with van der Waals surface area (Å²) in [6.45, 7) is 6.82. The summed E-state index contributed by atoms with van der Waals surface area (Å²) in [6.07, 6.45) is 5.73. The molecule has 0 saturated carbocycles. The van der Waals surface area contributed by atoms with Crippen LogP contribution in [0.5, 0.6) is 0 Å². The second kappa shape index (κ2) is 7.20. The molecule has 0 radical (unpaired) electrons. The minimum atomic E-state index is -0.215. The molecule has 2 aromatic rings. The van der Waals surface area contributed by atoms with Crippen LogP contribution >= 0.6 is 0 Å². The largest absolute Gasteiger partial charge is 0.331 e. The van der Waals surface area contributed by atoms with Gasteiger partial charge in [-0.1, -0.05) is 19.9 Å². The topological polar surface area (TPSA) is 29.9 Å². The van der Waals surface area contributed by atoms with Crippen LogP contribution in [0.4, 0.5) is 4.39 Å². The van der Waals surface area contributed by atoms with E-state index in [0.717, 1.165) is 38.0 Å². The number of aryl methyl sites for hydroxylation is 1. The molecule has 2 rings (SSSR count). The summed E-state index contributed by atoms with van der Waals surface area (Å²) in [6, 6.07) is 5.25. The number of hydrogen-bond acceptors (Lipinski definition) is 2. The van der Waals surface area contributed by atoms with Crippen LogP contribution in [0.1, 0.15) is 32.3 Å². The average Bonchev–Trinajstić information content (AvgIpc) is 2.89. The van der Waals surface area contributed by atoms with Crippen molar-refractivity contribution in [1.82, 2.24) is 14.9 Å². The summed E-state index contributed by atoms with van der Waals surface area (Å²) in [5.41, 5.74) is 1.67. The molecular weight excluding hydrogens is 253 g/mol. The van der Waals surface area contributed by atoms with Gasteiger partial charge in [0.25, 0.3) is 0 Å². The molecule has 0 fully saturated rings. The number of rotatable bonds is 7. The van der Waals surface area contributed by atoms with E-state index in [0.29, 0.717) is 11.4 Å². The number of halogens is 1. The second-order valence-corrected chi connectivity index (χ2v) is 4.94. The monoisotopic (exact) mass is 275 g/mol. The third-order valence-corrected chi connectivity index (χ3v) is 3.21. The van der Waals surface area contributed by atoms with Crippen molar-refractivity contribution in [3.05, 3.63) is 42.0 Å². The van der Waals surface area contributed by atoms with E-state index in [1.165, 1.54) is 6.07 Å². The highest BCUT2D eigenvalue weighted by Gasteiger charge is 2.11. The van der Waals surface area contributed by atoms with Crippen LogP contribution in [0.15, 0.2) is 30.6 Å². The fourth-order valence-corrected chi connectivity index (χ4v) is 2.24. The van der Waals surface area contributed by atoms with E-state index in [-0.39, 0.29) is 5.82 Å². The van der Waals surface area contributed by atoms with Gasteiger partial charge in [0.05, 0.1) is 5.56 Å². The van der Waals surface area contributed by atoms with Crippen LogP contribution in [0.3, 0.4) is 0 Å². The van der Waals surface area contributed by atoms with E-state index in [1.54, 1.807) is 6.20 Å². The van der Waals surface area contributed by atoms with Gasteiger partial charge in [-0.05, 0) is 37.1 Å². The van der Waals surface area contributed by atoms with E-state index in [1.807, 2.05) is 22.9 Å². The van der Waals surface area contributed by atoms with Crippen molar-refractivity contribution in [3.63, 3.8) is 0 Å². The van der Waals surface area contributed by atoms with E-state index < -0.39 is 0 Å². The maximum atomic E-state index is 14.1. The standard InChI is InChI=1S/C16H22FN3/c1-3-7-18-12-13-5-6-15(17)14(11-13)16-19-8-10-20(16)9-4-2/h5-6,8,10-11,18H,3-4,7,9,12H2,1-2H3. The van der Waals surface area contributed by atoms with Gasteiger partial charge in [-0.2, -0.15) is 0 Å². The van der Waals surface area contributed by atoms with Crippen molar-refractivity contribution in [2.45, 2.75) is 39.8 Å². The fourth-order valence-electron chi connectivity index (χ4n) is 2.24. The van der Waals surface area contributed by atoms with Gasteiger partial charge in [-0.3, -0.25) is 0 Å². The summed E-state index contributed by atoms with van der Waals surface area (Å²) in [7, 11) is 0. The Kier molecular flexibility index (Phi) is 5.30. The van der Waals surface area contributed by atoms with Crippen LogP contribution in [0, 0.1) is 5.82 Å². The third-order valence-electron chi connectivity index (χ3n) is 3.21. The van der Waals surface area contributed by atoms with Gasteiger partial charge in [0.1, 0.15) is 11.6 Å². The number of imidazole rings is 1. The molecule has 0 aliphatic heterocycles. The average molecular weight is 275 g/mol. The van der Waals surface area contributed by atoms with Crippen molar-refractivity contribution in [2.24, 2.45) is 0 Å². The zero-order valence-corrected chi connectivity index (χ0v) is 12.2. The summed E-state index contributed by atoms with van der Waals surface area (Å²) in [5, 5.41) is 3.33. The molecule has 0 saturated heterocycles. The lowest BCUT2D eigenvalue weighted by Gasteiger charge is -2.10. The van der Waals surface area contributed by atoms with Crippen molar-refractivity contribution >= 4 is 0 Å². The minimum Gasteiger partial charge on any atom is -0.331 e. The summed E-state index contributed by atoms with van der Waals surface area (Å²) in [4.78, 5) is 4.31. The number of aromatic nitrogens is 2. The number of hydrogen-bond donors (Lipinski definition) is 1. The molecule has 108 valence electrons. The highest BCUT2D eigenvalue weighted by molar-refractivity contribution is 5.57. The molecule has 0 amide bonds. The van der Waals surface area contributed by atoms with E-state index >= 15 is 0 Å². The highest BCUT2D eigenvalue weighted by Crippen LogP contribution is 2.23. The summed E-state index contributed by atoms with van der Waals surface area (Å²) >= 11 is 0. The smallest absolute Gasteiger partial charge is 0.142 e. The predicted molar refractivity (Wildman–Crippen MR) is 79.9 cm³/mol. The molecular formula is C16H22FN3. The first-order valence-corrected chi connectivity index (χ1v) is 7.27. The molecule has 0 aliphatic rings. The fraction of sp³-hybridized carbons (Fsp3) is 0.438. The van der Waals surface area contributed by atoms with Gasteiger partial charge in [-0.25, -0.2) is 9.37 Å². The zero-order valence-electron chi connectivity index (χ0n) is 12.2. The van der Waals surface area contributed by atoms with E-state index in [2.05, 4.69) is 24.1 Å². The van der Waals surface area contributed by atoms with Crippen LogP contribution in [0.2, 0.25) is 0 Å². The second-order valence-electron chi connectivity index (χ2n) is 4.94. The Labute approximate surface area is 119 Å². The minimum absolute atomic E-state index is 0.215. The van der Waals surface area contributed by atoms with Gasteiger partial charge in [-0.15, -0.1) is 0 Å². The van der Waals surface area contributed by atoms with Gasteiger partial charge in [0, 0.05) is 25.5 Å². The Hall–Kier alpha value is -1.68. The lowest BCUT2D eigenvalue weighted by Crippen LogP contribution is -2.14. The Morgan fingerprint density at radius 1 is 1.25 bits per heavy atom. The molecule has 0 unspecified atom stereocenters. The zero-order chi connectivity index (χ0) is 14.4. The molecule has 4 heteroatoms. The normalized spacial score (nSPS) is 10.9. The quantitative estimate of drug-likeness (QED) is 0.782. The van der Waals surface area contributed by atoms with Crippen LogP contribution in [-0.4, -0.2) is 16.1 Å². The molecule has 1 aromatic heterocycles. The van der Waals surface area contributed by atoms with Crippen LogP contribution < -0.4 is 5.32 Å². The molecule has 0 aliphatic carbocycles. The maximum Gasteiger partial charge on any atom is 0.142 e. The van der Waals surface area contributed by atoms with Gasteiger partial charge >= 0.3 is 0 Å². The summed E-state index contributed by atoms with van der Waals surface area (Å²) in [5.74, 6) is 0.495. The van der Waals surface area contributed by atoms with Crippen LogP contribution in [0.25, 0.3) is 11.4 Å². The molecule has 0 bridgehead atoms. The number of benzene rings is 1. The van der Waals surface area contributed by atoms with Crippen LogP contribution in [-0.2, 0) is 13.1 Å². The molecule has 1 heterocycles. The molecule has 20 heavy (non-hydrogen) atoms. The number of nitrogens with one attached hydrogen (secondary N) is 1. The SMILES string of the molecule is CCCNCc1ccc(F)c(-c2nccn2CCC)c1. The highest BCUT2D eigenvalue weighted by atomic mass is 19.1. The Balaban J connectivity index is 2.25. The third kappa shape index (κ3) is 3.45. The van der Waals surface area contributed by atoms with Gasteiger partial charge < -0.3 is 9.88 Å². The maximum absolute atomic E-state index is 14.1. The van der Waals surface area contributed by atoms with Crippen molar-refractivity contribution in [1.29, 1.82) is 0 Å². The lowest BCUT2D eigenvalue weighted by atomic mass is 10.1. The molecule has 0 spiro atoms. The van der Waals surface area contributed by atoms with E-state index in [9.17, 15) is 4.39 Å². The van der Waals surface area contributed by atoms with Gasteiger partial charge in [0.15, 0.2) is 0 Å². The van der Waals surface area contributed by atoms with E-state index in [4.69, 9.17) is 0 Å². The van der Waals surface area contributed by atoms with Crippen molar-refractivity contribution in [3.8, 4) is 11.4 Å². The molecule has 0 atom stereocenters. The number of nitrogens with zero attached hydrogens (tertiary/aromatic N) is 2. The molecule has 1 aromatic carbocycles. The Morgan fingerprint density at radius 2 is 2.10 bits per heavy atom. The summed E-state index contributed by atoms with van der Waals surface area (Å²) < 4.78 is 16.1. The molecule has 1 N–H and O–H groups in total. The Morgan fingerprint density at radius 3 is 2.85 bits per heavy atom. The van der Waals surface area contributed by atoms with Gasteiger partial charge in [0.2, 0.25) is 0 Å². The Bertz CT molecular complexity index is 548. The van der Waals surface area contributed by atoms with Crippen molar-refractivity contribution in [2.75, 3.05) is 6.54 Å². The van der Waals surface area contributed by atoms with Crippen molar-refractivity contribution < 1.29 is 4.39 Å². The first-order chi connectivity index (χ1) is 9.76. The first kappa shape index (κ1) is 14.7. The predicted octanol–water partition coefficient (Wildman–Crippen LogP) is 3.60.